The number of nitrogens with zero attached hydrogens (tertiary/aromatic N) is 4. The lowest BCUT2D eigenvalue weighted by Gasteiger charge is -2.40. The molecule has 264 valence electrons. The van der Waals surface area contributed by atoms with Crippen molar-refractivity contribution in [2.75, 3.05) is 36.4 Å². The minimum atomic E-state index is -0.270. The summed E-state index contributed by atoms with van der Waals surface area (Å²) in [7, 11) is 0. The van der Waals surface area contributed by atoms with Crippen molar-refractivity contribution in [3.8, 4) is 11.1 Å². The third-order valence-corrected chi connectivity index (χ3v) is 11.2. The molecule has 0 aliphatic carbocycles. The maximum absolute atomic E-state index is 14.3. The molecule has 0 radical (unpaired) electrons. The summed E-state index contributed by atoms with van der Waals surface area (Å²) < 4.78 is 2.07. The fourth-order valence-corrected chi connectivity index (χ4v) is 8.33. The molecule has 3 aliphatic rings. The van der Waals surface area contributed by atoms with Crippen LogP contribution in [0.5, 0.6) is 0 Å². The summed E-state index contributed by atoms with van der Waals surface area (Å²) in [5, 5.41) is 3.20. The zero-order chi connectivity index (χ0) is 35.6. The topological polar surface area (TPSA) is 77.9 Å². The van der Waals surface area contributed by atoms with Gasteiger partial charge in [0.05, 0.1) is 23.7 Å². The van der Waals surface area contributed by atoms with Crippen LogP contribution in [-0.4, -0.2) is 64.3 Å². The van der Waals surface area contributed by atoms with Crippen molar-refractivity contribution in [2.24, 2.45) is 0 Å². The first kappa shape index (κ1) is 33.9. The SMILES string of the molecule is O=C(Nc1ccc(C(=O)N2Cc3ccc(C(=O)N4CCC(N5CCCCC5)CC4)n3Cc3ccccc32)c(Cl)c1)c1ccccc1-c1ccccc1. The number of aromatic nitrogens is 1. The molecule has 1 N–H and O–H groups in total. The van der Waals surface area contributed by atoms with Gasteiger partial charge in [0.25, 0.3) is 17.7 Å². The molecule has 5 aromatic rings. The van der Waals surface area contributed by atoms with E-state index in [9.17, 15) is 14.4 Å². The fourth-order valence-electron chi connectivity index (χ4n) is 8.07. The van der Waals surface area contributed by atoms with Crippen LogP contribution in [0.2, 0.25) is 5.02 Å². The van der Waals surface area contributed by atoms with Gasteiger partial charge in [0.15, 0.2) is 0 Å². The summed E-state index contributed by atoms with van der Waals surface area (Å²) in [6.45, 7) is 4.64. The molecule has 4 aromatic carbocycles. The molecule has 0 unspecified atom stereocenters. The van der Waals surface area contributed by atoms with Gasteiger partial charge < -0.3 is 24.6 Å². The van der Waals surface area contributed by atoms with Gasteiger partial charge >= 0.3 is 0 Å². The second-order valence-electron chi connectivity index (χ2n) is 14.0. The summed E-state index contributed by atoms with van der Waals surface area (Å²) in [4.78, 5) is 48.1. The number of para-hydroxylation sites is 1. The van der Waals surface area contributed by atoms with E-state index in [0.717, 1.165) is 54.0 Å². The molecule has 0 saturated carbocycles. The number of carbonyl (C=O) groups excluding carboxylic acids is 3. The molecule has 8 nitrogen and oxygen atoms in total. The number of benzene rings is 4. The number of hydrogen-bond donors (Lipinski definition) is 1. The Bertz CT molecular complexity index is 2110. The van der Waals surface area contributed by atoms with E-state index in [1.165, 1.54) is 32.4 Å². The first-order valence-corrected chi connectivity index (χ1v) is 18.7. The lowest BCUT2D eigenvalue weighted by Crippen LogP contribution is -2.48. The van der Waals surface area contributed by atoms with Gasteiger partial charge in [0, 0.05) is 41.8 Å². The van der Waals surface area contributed by atoms with Crippen LogP contribution in [0, 0.1) is 0 Å². The maximum Gasteiger partial charge on any atom is 0.270 e. The van der Waals surface area contributed by atoms with Crippen LogP contribution in [0.1, 0.15) is 74.6 Å². The summed E-state index contributed by atoms with van der Waals surface area (Å²) in [6, 6.07) is 34.5. The Morgan fingerprint density at radius 2 is 1.40 bits per heavy atom. The number of nitrogens with one attached hydrogen (secondary N) is 1. The Morgan fingerprint density at radius 1 is 0.673 bits per heavy atom. The Morgan fingerprint density at radius 3 is 2.19 bits per heavy atom. The van der Waals surface area contributed by atoms with E-state index in [-0.39, 0.29) is 29.3 Å². The molecule has 52 heavy (non-hydrogen) atoms. The van der Waals surface area contributed by atoms with Crippen molar-refractivity contribution in [1.82, 2.24) is 14.4 Å². The van der Waals surface area contributed by atoms with E-state index in [4.69, 9.17) is 11.6 Å². The van der Waals surface area contributed by atoms with E-state index in [1.807, 2.05) is 89.8 Å². The zero-order valence-corrected chi connectivity index (χ0v) is 29.9. The highest BCUT2D eigenvalue weighted by atomic mass is 35.5. The van der Waals surface area contributed by atoms with Crippen LogP contribution in [0.15, 0.2) is 109 Å². The number of hydrogen-bond acceptors (Lipinski definition) is 4. The van der Waals surface area contributed by atoms with Crippen molar-refractivity contribution in [2.45, 2.75) is 51.2 Å². The smallest absolute Gasteiger partial charge is 0.270 e. The maximum atomic E-state index is 14.3. The Hall–Kier alpha value is -5.18. The van der Waals surface area contributed by atoms with E-state index < -0.39 is 0 Å². The van der Waals surface area contributed by atoms with Gasteiger partial charge in [-0.2, -0.15) is 0 Å². The molecule has 1 aromatic heterocycles. The van der Waals surface area contributed by atoms with Gasteiger partial charge in [0.1, 0.15) is 5.69 Å². The van der Waals surface area contributed by atoms with Crippen LogP contribution in [0.25, 0.3) is 11.1 Å². The zero-order valence-electron chi connectivity index (χ0n) is 29.1. The standard InChI is InChI=1S/C43H42ClN5O3/c44-38-27-32(45-41(50)36-15-7-6-14-35(36)30-11-3-1-4-12-30)17-19-37(38)42(51)49-29-34-18-20-40(48(34)28-31-13-5-8-16-39(31)49)43(52)47-25-21-33(22-26-47)46-23-9-2-10-24-46/h1,3-8,11-20,27,33H,2,9-10,21-26,28-29H2,(H,45,50). The largest absolute Gasteiger partial charge is 0.337 e. The summed E-state index contributed by atoms with van der Waals surface area (Å²) >= 11 is 6.80. The van der Waals surface area contributed by atoms with Gasteiger partial charge in [0.2, 0.25) is 0 Å². The Kier molecular flexibility index (Phi) is 9.67. The molecule has 2 saturated heterocycles. The molecular weight excluding hydrogens is 670 g/mol. The molecule has 9 heteroatoms. The van der Waals surface area contributed by atoms with E-state index >= 15 is 0 Å². The molecule has 8 rings (SSSR count). The van der Waals surface area contributed by atoms with Crippen molar-refractivity contribution < 1.29 is 14.4 Å². The van der Waals surface area contributed by atoms with Crippen LogP contribution < -0.4 is 10.2 Å². The molecular formula is C43H42ClN5O3. The van der Waals surface area contributed by atoms with Crippen molar-refractivity contribution in [3.63, 3.8) is 0 Å². The number of piperidine rings is 2. The minimum absolute atomic E-state index is 0.0488. The highest BCUT2D eigenvalue weighted by molar-refractivity contribution is 6.35. The predicted octanol–water partition coefficient (Wildman–Crippen LogP) is 8.36. The van der Waals surface area contributed by atoms with Gasteiger partial charge in [-0.1, -0.05) is 84.8 Å². The number of amides is 3. The third-order valence-electron chi connectivity index (χ3n) is 10.8. The second-order valence-corrected chi connectivity index (χ2v) is 14.4. The monoisotopic (exact) mass is 711 g/mol. The molecule has 0 atom stereocenters. The molecule has 4 heterocycles. The average molecular weight is 712 g/mol. The van der Waals surface area contributed by atoms with E-state index in [1.54, 1.807) is 29.2 Å². The fraction of sp³-hybridized carbons (Fsp3) is 0.279. The van der Waals surface area contributed by atoms with Gasteiger partial charge in [-0.3, -0.25) is 14.4 Å². The van der Waals surface area contributed by atoms with E-state index in [2.05, 4.69) is 14.8 Å². The number of carbonyl (C=O) groups is 3. The normalized spacial score (nSPS) is 16.5. The Balaban J connectivity index is 1.00. The number of fused-ring (bicyclic) bond motifs is 2. The van der Waals surface area contributed by atoms with Gasteiger partial charge in [-0.05, 0) is 97.9 Å². The highest BCUT2D eigenvalue weighted by Gasteiger charge is 2.32. The van der Waals surface area contributed by atoms with Gasteiger partial charge in [-0.25, -0.2) is 0 Å². The van der Waals surface area contributed by atoms with Gasteiger partial charge in [-0.15, -0.1) is 0 Å². The van der Waals surface area contributed by atoms with Crippen LogP contribution in [-0.2, 0) is 13.1 Å². The highest BCUT2D eigenvalue weighted by Crippen LogP contribution is 2.33. The number of anilines is 2. The third kappa shape index (κ3) is 6.76. The first-order valence-electron chi connectivity index (χ1n) is 18.3. The van der Waals surface area contributed by atoms with Crippen LogP contribution in [0.4, 0.5) is 11.4 Å². The van der Waals surface area contributed by atoms with Crippen molar-refractivity contribution >= 4 is 40.7 Å². The van der Waals surface area contributed by atoms with Crippen LogP contribution >= 0.6 is 11.6 Å². The number of rotatable bonds is 6. The summed E-state index contributed by atoms with van der Waals surface area (Å²) in [5.41, 5.74) is 6.38. The van der Waals surface area contributed by atoms with E-state index in [0.29, 0.717) is 35.1 Å². The summed E-state index contributed by atoms with van der Waals surface area (Å²) in [6.07, 6.45) is 5.89. The average Bonchev–Trinajstić information content (AvgIpc) is 3.50. The number of likely N-dealkylation sites (tertiary alicyclic amines) is 2. The molecule has 0 bridgehead atoms. The lowest BCUT2D eigenvalue weighted by molar-refractivity contribution is 0.0580. The van der Waals surface area contributed by atoms with Crippen molar-refractivity contribution in [1.29, 1.82) is 0 Å². The molecule has 3 aliphatic heterocycles. The summed E-state index contributed by atoms with van der Waals surface area (Å²) in [5.74, 6) is -0.478. The van der Waals surface area contributed by atoms with Crippen LogP contribution in [0.3, 0.4) is 0 Å². The Labute approximate surface area is 309 Å². The molecule has 3 amide bonds. The molecule has 0 spiro atoms. The first-order chi connectivity index (χ1) is 25.4. The van der Waals surface area contributed by atoms with Crippen molar-refractivity contribution in [3.05, 3.63) is 142 Å². The molecule has 2 fully saturated rings. The second kappa shape index (κ2) is 14.8. The minimum Gasteiger partial charge on any atom is -0.337 e. The lowest BCUT2D eigenvalue weighted by atomic mass is 9.99. The predicted molar refractivity (Wildman–Crippen MR) is 206 cm³/mol. The quantitative estimate of drug-likeness (QED) is 0.192. The number of halogens is 1.